The van der Waals surface area contributed by atoms with Crippen LogP contribution in [0.1, 0.15) is 23.0 Å². The first kappa shape index (κ1) is 17.6. The van der Waals surface area contributed by atoms with Crippen LogP contribution >= 0.6 is 11.3 Å². The Morgan fingerprint density at radius 2 is 1.75 bits per heavy atom. The van der Waals surface area contributed by atoms with E-state index in [1.54, 1.807) is 24.3 Å². The van der Waals surface area contributed by atoms with E-state index in [4.69, 9.17) is 0 Å². The molecular formula is C16H16FN3O3S. The van der Waals surface area contributed by atoms with Crippen LogP contribution in [0.3, 0.4) is 0 Å². The minimum atomic E-state index is -0.443. The maximum Gasteiger partial charge on any atom is 0.279 e. The van der Waals surface area contributed by atoms with Crippen LogP contribution in [0.15, 0.2) is 36.4 Å². The first-order valence-electron chi connectivity index (χ1n) is 7.15. The molecule has 0 aliphatic carbocycles. The van der Waals surface area contributed by atoms with Gasteiger partial charge in [0.25, 0.3) is 5.91 Å². The molecule has 0 saturated carbocycles. The van der Waals surface area contributed by atoms with Crippen LogP contribution in [-0.4, -0.2) is 24.3 Å². The van der Waals surface area contributed by atoms with Crippen molar-refractivity contribution in [3.63, 3.8) is 0 Å². The Labute approximate surface area is 142 Å². The number of thiophene rings is 1. The zero-order valence-electron chi connectivity index (χ0n) is 12.9. The topological polar surface area (TPSA) is 87.3 Å². The number of nitrogens with one attached hydrogen (secondary N) is 3. The van der Waals surface area contributed by atoms with Crippen LogP contribution in [0.5, 0.6) is 0 Å². The number of carbonyl (C=O) groups excluding carboxylic acids is 3. The van der Waals surface area contributed by atoms with E-state index < -0.39 is 11.8 Å². The summed E-state index contributed by atoms with van der Waals surface area (Å²) in [5.74, 6) is -1.40. The molecule has 0 aliphatic rings. The first-order valence-corrected chi connectivity index (χ1v) is 7.97. The Kier molecular flexibility index (Phi) is 6.02. The molecule has 24 heavy (non-hydrogen) atoms. The number of benzene rings is 1. The van der Waals surface area contributed by atoms with E-state index in [2.05, 4.69) is 16.2 Å². The minimum absolute atomic E-state index is 0.0606. The van der Waals surface area contributed by atoms with Crippen molar-refractivity contribution in [3.8, 4) is 10.4 Å². The molecule has 1 aromatic heterocycles. The largest absolute Gasteiger partial charge is 0.356 e. The molecule has 1 aromatic carbocycles. The summed E-state index contributed by atoms with van der Waals surface area (Å²) in [7, 11) is 0. The number of halogens is 1. The van der Waals surface area contributed by atoms with Gasteiger partial charge in [0.05, 0.1) is 4.88 Å². The number of hydrogen-bond donors (Lipinski definition) is 3. The second kappa shape index (κ2) is 8.21. The van der Waals surface area contributed by atoms with Crippen LogP contribution < -0.4 is 16.2 Å². The van der Waals surface area contributed by atoms with Gasteiger partial charge in [0, 0.05) is 24.8 Å². The highest BCUT2D eigenvalue weighted by atomic mass is 32.1. The van der Waals surface area contributed by atoms with Gasteiger partial charge in [-0.3, -0.25) is 25.2 Å². The molecule has 0 saturated heterocycles. The SMILES string of the molecule is CC(=O)NCCC(=O)NNC(=O)c1ccc(-c2ccc(F)cc2)s1. The van der Waals surface area contributed by atoms with Crippen LogP contribution in [0, 0.1) is 5.82 Å². The molecule has 0 fully saturated rings. The van der Waals surface area contributed by atoms with E-state index in [1.165, 1.54) is 30.4 Å². The maximum atomic E-state index is 12.9. The monoisotopic (exact) mass is 349 g/mol. The predicted molar refractivity (Wildman–Crippen MR) is 88.6 cm³/mol. The number of carbonyl (C=O) groups is 3. The van der Waals surface area contributed by atoms with Crippen LogP contribution in [0.4, 0.5) is 4.39 Å². The lowest BCUT2D eigenvalue weighted by molar-refractivity contribution is -0.122. The zero-order chi connectivity index (χ0) is 17.5. The standard InChI is InChI=1S/C16H16FN3O3S/c1-10(21)18-9-8-15(22)19-20-16(23)14-7-6-13(24-14)11-2-4-12(17)5-3-11/h2-7H,8-9H2,1H3,(H,18,21)(H,19,22)(H,20,23). The average Bonchev–Trinajstić information content (AvgIpc) is 3.03. The molecule has 2 rings (SSSR count). The summed E-state index contributed by atoms with van der Waals surface area (Å²) in [6.45, 7) is 1.56. The smallest absolute Gasteiger partial charge is 0.279 e. The van der Waals surface area contributed by atoms with E-state index in [-0.39, 0.29) is 24.7 Å². The van der Waals surface area contributed by atoms with Gasteiger partial charge < -0.3 is 5.32 Å². The van der Waals surface area contributed by atoms with Gasteiger partial charge >= 0.3 is 0 Å². The lowest BCUT2D eigenvalue weighted by Crippen LogP contribution is -2.42. The Bertz CT molecular complexity index is 743. The normalized spacial score (nSPS) is 10.1. The van der Waals surface area contributed by atoms with Crippen molar-refractivity contribution in [2.45, 2.75) is 13.3 Å². The number of hydrazine groups is 1. The van der Waals surface area contributed by atoms with Gasteiger partial charge in [0.1, 0.15) is 5.82 Å². The lowest BCUT2D eigenvalue weighted by atomic mass is 10.2. The molecule has 0 aliphatic heterocycles. The molecule has 1 heterocycles. The fraction of sp³-hybridized carbons (Fsp3) is 0.188. The number of amides is 3. The highest BCUT2D eigenvalue weighted by molar-refractivity contribution is 7.17. The van der Waals surface area contributed by atoms with Crippen molar-refractivity contribution >= 4 is 29.1 Å². The molecule has 0 radical (unpaired) electrons. The third-order valence-electron chi connectivity index (χ3n) is 3.00. The van der Waals surface area contributed by atoms with Crippen LogP contribution in [0.2, 0.25) is 0 Å². The van der Waals surface area contributed by atoms with E-state index >= 15 is 0 Å². The molecule has 0 unspecified atom stereocenters. The molecule has 126 valence electrons. The molecule has 2 aromatic rings. The van der Waals surface area contributed by atoms with Gasteiger partial charge in [-0.25, -0.2) is 4.39 Å². The molecule has 6 nitrogen and oxygen atoms in total. The predicted octanol–water partition coefficient (Wildman–Crippen LogP) is 1.84. The van der Waals surface area contributed by atoms with E-state index in [0.29, 0.717) is 4.88 Å². The minimum Gasteiger partial charge on any atom is -0.356 e. The van der Waals surface area contributed by atoms with Gasteiger partial charge in [-0.05, 0) is 29.8 Å². The summed E-state index contributed by atoms with van der Waals surface area (Å²) in [5.41, 5.74) is 5.39. The summed E-state index contributed by atoms with van der Waals surface area (Å²) in [6, 6.07) is 9.35. The van der Waals surface area contributed by atoms with Gasteiger partial charge in [-0.2, -0.15) is 0 Å². The molecular weight excluding hydrogens is 333 g/mol. The fourth-order valence-electron chi connectivity index (χ4n) is 1.83. The quantitative estimate of drug-likeness (QED) is 0.720. The van der Waals surface area contributed by atoms with Crippen molar-refractivity contribution in [3.05, 3.63) is 47.1 Å². The summed E-state index contributed by atoms with van der Waals surface area (Å²) in [5, 5.41) is 2.48. The molecule has 0 spiro atoms. The molecule has 0 atom stereocenters. The number of rotatable bonds is 5. The second-order valence-electron chi connectivity index (χ2n) is 4.91. The molecule has 3 amide bonds. The third-order valence-corrected chi connectivity index (χ3v) is 4.13. The Balaban J connectivity index is 1.86. The Hall–Kier alpha value is -2.74. The highest BCUT2D eigenvalue weighted by Gasteiger charge is 2.11. The van der Waals surface area contributed by atoms with E-state index in [1.807, 2.05) is 0 Å². The molecule has 3 N–H and O–H groups in total. The summed E-state index contributed by atoms with van der Waals surface area (Å²) < 4.78 is 12.9. The molecule has 0 bridgehead atoms. The second-order valence-corrected chi connectivity index (χ2v) is 5.99. The maximum absolute atomic E-state index is 12.9. The fourth-order valence-corrected chi connectivity index (χ4v) is 2.74. The average molecular weight is 349 g/mol. The van der Waals surface area contributed by atoms with Crippen molar-refractivity contribution < 1.29 is 18.8 Å². The highest BCUT2D eigenvalue weighted by Crippen LogP contribution is 2.28. The van der Waals surface area contributed by atoms with Crippen LogP contribution in [0.25, 0.3) is 10.4 Å². The summed E-state index contributed by atoms with van der Waals surface area (Å²) in [6.07, 6.45) is 0.0606. The van der Waals surface area contributed by atoms with E-state index in [0.717, 1.165) is 10.4 Å². The third kappa shape index (κ3) is 5.17. The van der Waals surface area contributed by atoms with Crippen molar-refractivity contribution in [1.82, 2.24) is 16.2 Å². The van der Waals surface area contributed by atoms with Crippen LogP contribution in [-0.2, 0) is 9.59 Å². The van der Waals surface area contributed by atoms with Gasteiger partial charge in [0.2, 0.25) is 11.8 Å². The summed E-state index contributed by atoms with van der Waals surface area (Å²) >= 11 is 1.23. The van der Waals surface area contributed by atoms with Gasteiger partial charge in [-0.15, -0.1) is 11.3 Å². The Morgan fingerprint density at radius 3 is 2.42 bits per heavy atom. The zero-order valence-corrected chi connectivity index (χ0v) is 13.7. The van der Waals surface area contributed by atoms with Crippen molar-refractivity contribution in [1.29, 1.82) is 0 Å². The lowest BCUT2D eigenvalue weighted by Gasteiger charge is -2.06. The molecule has 8 heteroatoms. The van der Waals surface area contributed by atoms with Gasteiger partial charge in [-0.1, -0.05) is 12.1 Å². The number of hydrogen-bond acceptors (Lipinski definition) is 4. The van der Waals surface area contributed by atoms with Crippen molar-refractivity contribution in [2.24, 2.45) is 0 Å². The first-order chi connectivity index (χ1) is 11.5. The Morgan fingerprint density at radius 1 is 1.04 bits per heavy atom. The van der Waals surface area contributed by atoms with Crippen molar-refractivity contribution in [2.75, 3.05) is 6.54 Å². The van der Waals surface area contributed by atoms with Gasteiger partial charge in [0.15, 0.2) is 0 Å². The van der Waals surface area contributed by atoms with E-state index in [9.17, 15) is 18.8 Å². The summed E-state index contributed by atoms with van der Waals surface area (Å²) in [4.78, 5) is 35.4.